The molecule has 0 bridgehead atoms. The summed E-state index contributed by atoms with van der Waals surface area (Å²) in [7, 11) is 0. The Kier molecular flexibility index (Phi) is 5.93. The van der Waals surface area contributed by atoms with E-state index in [2.05, 4.69) is 30.2 Å². The molecule has 1 atom stereocenters. The Morgan fingerprint density at radius 3 is 2.91 bits per heavy atom. The number of hydrogen-bond acceptors (Lipinski definition) is 7. The van der Waals surface area contributed by atoms with Gasteiger partial charge in [-0.25, -0.2) is 14.4 Å². The summed E-state index contributed by atoms with van der Waals surface area (Å²) >= 11 is 1.34. The van der Waals surface area contributed by atoms with Gasteiger partial charge in [-0.3, -0.25) is 19.5 Å². The van der Waals surface area contributed by atoms with Crippen LogP contribution >= 0.6 is 11.3 Å². The van der Waals surface area contributed by atoms with Crippen LogP contribution in [0.1, 0.15) is 18.7 Å². The van der Waals surface area contributed by atoms with E-state index in [9.17, 15) is 14.0 Å². The minimum absolute atomic E-state index is 0.0844. The number of aromatic nitrogens is 4. The van der Waals surface area contributed by atoms with Crippen molar-refractivity contribution in [2.75, 3.05) is 18.4 Å². The highest BCUT2D eigenvalue weighted by Gasteiger charge is 2.26. The summed E-state index contributed by atoms with van der Waals surface area (Å²) in [6.07, 6.45) is 6.27. The van der Waals surface area contributed by atoms with Gasteiger partial charge in [0.1, 0.15) is 16.3 Å². The van der Waals surface area contributed by atoms with Crippen molar-refractivity contribution < 1.29 is 9.18 Å². The first kappa shape index (κ1) is 21.4. The predicted octanol–water partition coefficient (Wildman–Crippen LogP) is 3.43. The van der Waals surface area contributed by atoms with Crippen LogP contribution in [0.5, 0.6) is 0 Å². The largest absolute Gasteiger partial charge is 0.309 e. The zero-order valence-corrected chi connectivity index (χ0v) is 18.4. The zero-order valence-electron chi connectivity index (χ0n) is 17.6. The number of H-pyrrole nitrogens is 1. The Morgan fingerprint density at radius 2 is 2.12 bits per heavy atom. The average Bonchev–Trinajstić information content (AvgIpc) is 3.25. The van der Waals surface area contributed by atoms with E-state index in [0.717, 1.165) is 29.8 Å². The minimum atomic E-state index is -0.302. The van der Waals surface area contributed by atoms with Crippen molar-refractivity contribution in [2.24, 2.45) is 5.92 Å². The fraction of sp³-hybridized carbons (Fsp3) is 0.261. The number of hydrogen-bond donors (Lipinski definition) is 2. The van der Waals surface area contributed by atoms with Gasteiger partial charge in [-0.1, -0.05) is 12.1 Å². The molecule has 0 spiro atoms. The first-order valence-corrected chi connectivity index (χ1v) is 11.4. The second kappa shape index (κ2) is 9.16. The van der Waals surface area contributed by atoms with E-state index in [1.54, 1.807) is 18.3 Å². The third kappa shape index (κ3) is 4.81. The Labute approximate surface area is 192 Å². The van der Waals surface area contributed by atoms with Crippen molar-refractivity contribution in [1.29, 1.82) is 0 Å². The summed E-state index contributed by atoms with van der Waals surface area (Å²) in [5.41, 5.74) is 1.27. The number of thiophene rings is 1. The molecule has 1 fully saturated rings. The van der Waals surface area contributed by atoms with Crippen LogP contribution in [0.3, 0.4) is 0 Å². The van der Waals surface area contributed by atoms with Crippen molar-refractivity contribution in [2.45, 2.75) is 19.4 Å². The van der Waals surface area contributed by atoms with E-state index >= 15 is 0 Å². The van der Waals surface area contributed by atoms with Crippen molar-refractivity contribution >= 4 is 33.3 Å². The molecule has 4 heterocycles. The number of anilines is 1. The summed E-state index contributed by atoms with van der Waals surface area (Å²) in [5.74, 6) is 0.432. The molecular formula is C23H21FN6O2S. The summed E-state index contributed by atoms with van der Waals surface area (Å²) in [6.45, 7) is 1.83. The number of carbonyl (C=O) groups is 1. The van der Waals surface area contributed by atoms with E-state index in [1.807, 2.05) is 6.07 Å². The highest BCUT2D eigenvalue weighted by Crippen LogP contribution is 2.31. The van der Waals surface area contributed by atoms with Crippen LogP contribution in [0.25, 0.3) is 20.7 Å². The van der Waals surface area contributed by atoms with Crippen molar-refractivity contribution in [3.63, 3.8) is 0 Å². The maximum atomic E-state index is 13.2. The van der Waals surface area contributed by atoms with Gasteiger partial charge in [0, 0.05) is 23.8 Å². The molecule has 0 saturated carbocycles. The zero-order chi connectivity index (χ0) is 22.8. The fourth-order valence-electron chi connectivity index (χ4n) is 4.04. The second-order valence-electron chi connectivity index (χ2n) is 8.00. The molecule has 1 aromatic carbocycles. The van der Waals surface area contributed by atoms with Crippen LogP contribution in [0.15, 0.2) is 53.7 Å². The number of halogens is 1. The lowest BCUT2D eigenvalue weighted by molar-refractivity contribution is -0.121. The molecular weight excluding hydrogens is 443 g/mol. The monoisotopic (exact) mass is 464 g/mol. The molecule has 1 unspecified atom stereocenters. The lowest BCUT2D eigenvalue weighted by atomic mass is 9.97. The number of piperidine rings is 1. The van der Waals surface area contributed by atoms with Gasteiger partial charge in [-0.2, -0.15) is 0 Å². The molecule has 8 nitrogen and oxygen atoms in total. The SMILES string of the molecule is O=C(Nc1cnccn1)C1CCCN(Cc2nc3cc(-c4ccc(F)cc4)sc3c(=O)[nH]2)C1. The van der Waals surface area contributed by atoms with Gasteiger partial charge in [-0.15, -0.1) is 11.3 Å². The maximum Gasteiger partial charge on any atom is 0.268 e. The maximum absolute atomic E-state index is 13.2. The summed E-state index contributed by atoms with van der Waals surface area (Å²) < 4.78 is 13.8. The smallest absolute Gasteiger partial charge is 0.268 e. The minimum Gasteiger partial charge on any atom is -0.309 e. The Hall–Kier alpha value is -3.50. The topological polar surface area (TPSA) is 104 Å². The molecule has 1 saturated heterocycles. The van der Waals surface area contributed by atoms with E-state index in [1.165, 1.54) is 35.9 Å². The van der Waals surface area contributed by atoms with Gasteiger partial charge in [0.25, 0.3) is 5.56 Å². The number of nitrogens with zero attached hydrogens (tertiary/aromatic N) is 4. The Morgan fingerprint density at radius 1 is 1.27 bits per heavy atom. The van der Waals surface area contributed by atoms with E-state index in [0.29, 0.717) is 34.9 Å². The normalized spacial score (nSPS) is 16.7. The number of benzene rings is 1. The molecule has 10 heteroatoms. The molecule has 33 heavy (non-hydrogen) atoms. The van der Waals surface area contributed by atoms with Crippen LogP contribution in [0.2, 0.25) is 0 Å². The third-order valence-corrected chi connectivity index (χ3v) is 6.80. The van der Waals surface area contributed by atoms with Crippen LogP contribution in [-0.2, 0) is 11.3 Å². The number of rotatable bonds is 5. The molecule has 0 radical (unpaired) electrons. The predicted molar refractivity (Wildman–Crippen MR) is 124 cm³/mol. The second-order valence-corrected chi connectivity index (χ2v) is 9.05. The fourth-order valence-corrected chi connectivity index (χ4v) is 5.03. The van der Waals surface area contributed by atoms with Gasteiger partial charge in [0.05, 0.1) is 24.2 Å². The summed E-state index contributed by atoms with van der Waals surface area (Å²) in [4.78, 5) is 43.9. The van der Waals surface area contributed by atoms with Gasteiger partial charge >= 0.3 is 0 Å². The molecule has 1 amide bonds. The number of nitrogens with one attached hydrogen (secondary N) is 2. The van der Waals surface area contributed by atoms with Crippen molar-refractivity contribution in [1.82, 2.24) is 24.8 Å². The first-order chi connectivity index (χ1) is 16.0. The van der Waals surface area contributed by atoms with Gasteiger partial charge in [0.2, 0.25) is 5.91 Å². The lowest BCUT2D eigenvalue weighted by Gasteiger charge is -2.31. The number of fused-ring (bicyclic) bond motifs is 1. The van der Waals surface area contributed by atoms with Crippen LogP contribution in [0, 0.1) is 11.7 Å². The molecule has 5 rings (SSSR count). The molecule has 3 aromatic heterocycles. The Bertz CT molecular complexity index is 1340. The van der Waals surface area contributed by atoms with E-state index in [4.69, 9.17) is 0 Å². The van der Waals surface area contributed by atoms with E-state index < -0.39 is 0 Å². The van der Waals surface area contributed by atoms with Gasteiger partial charge in [0.15, 0.2) is 5.82 Å². The number of carbonyl (C=O) groups excluding carboxylic acids is 1. The van der Waals surface area contributed by atoms with Crippen LogP contribution in [0.4, 0.5) is 10.2 Å². The highest BCUT2D eigenvalue weighted by atomic mass is 32.1. The third-order valence-electron chi connectivity index (χ3n) is 5.62. The van der Waals surface area contributed by atoms with Crippen molar-refractivity contribution in [3.05, 3.63) is 70.9 Å². The average molecular weight is 465 g/mol. The van der Waals surface area contributed by atoms with Crippen molar-refractivity contribution in [3.8, 4) is 10.4 Å². The summed E-state index contributed by atoms with van der Waals surface area (Å²) in [5, 5.41) is 2.82. The van der Waals surface area contributed by atoms with Crippen LogP contribution in [-0.4, -0.2) is 43.8 Å². The molecule has 1 aliphatic rings. The highest BCUT2D eigenvalue weighted by molar-refractivity contribution is 7.22. The number of likely N-dealkylation sites (tertiary alicyclic amines) is 1. The van der Waals surface area contributed by atoms with E-state index in [-0.39, 0.29) is 23.2 Å². The molecule has 2 N–H and O–H groups in total. The Balaban J connectivity index is 1.30. The summed E-state index contributed by atoms with van der Waals surface area (Å²) in [6, 6.07) is 8.04. The molecule has 4 aromatic rings. The number of amides is 1. The van der Waals surface area contributed by atoms with Gasteiger partial charge in [-0.05, 0) is 43.1 Å². The standard InChI is InChI=1S/C23H21FN6O2S/c24-16-5-3-14(4-6-16)18-10-17-21(33-18)23(32)29-20(27-17)13-30-9-1-2-15(12-30)22(31)28-19-11-25-7-8-26-19/h3-8,10-11,15H,1-2,9,12-13H2,(H,26,28,31)(H,27,29,32). The quantitative estimate of drug-likeness (QED) is 0.469. The molecule has 1 aliphatic heterocycles. The number of aromatic amines is 1. The van der Waals surface area contributed by atoms with Crippen LogP contribution < -0.4 is 10.9 Å². The lowest BCUT2D eigenvalue weighted by Crippen LogP contribution is -2.40. The van der Waals surface area contributed by atoms with Gasteiger partial charge < -0.3 is 10.3 Å². The molecule has 0 aliphatic carbocycles. The molecule has 168 valence electrons. The first-order valence-electron chi connectivity index (χ1n) is 10.6.